The van der Waals surface area contributed by atoms with Gasteiger partial charge in [-0.3, -0.25) is 9.59 Å². The van der Waals surface area contributed by atoms with E-state index in [9.17, 15) is 19.2 Å². The molecule has 272 valence electrons. The third-order valence-corrected chi connectivity index (χ3v) is 10.0. The summed E-state index contributed by atoms with van der Waals surface area (Å²) in [5.74, 6) is -0.953. The Morgan fingerprint density at radius 3 is 2.37 bits per heavy atom. The highest BCUT2D eigenvalue weighted by molar-refractivity contribution is 7.13. The summed E-state index contributed by atoms with van der Waals surface area (Å²) in [7, 11) is 1.25. The molecule has 1 fully saturated rings. The van der Waals surface area contributed by atoms with Gasteiger partial charge in [-0.25, -0.2) is 14.6 Å². The number of nitrogens with one attached hydrogen (secondary N) is 3. The average Bonchev–Trinajstić information content (AvgIpc) is 3.33. The number of benzene rings is 2. The van der Waals surface area contributed by atoms with Crippen LogP contribution in [0.25, 0.3) is 21.6 Å². The van der Waals surface area contributed by atoms with Gasteiger partial charge in [0.2, 0.25) is 0 Å². The first-order valence-corrected chi connectivity index (χ1v) is 18.5. The van der Waals surface area contributed by atoms with E-state index >= 15 is 0 Å². The molecule has 2 aromatic carbocycles. The Morgan fingerprint density at radius 2 is 1.65 bits per heavy atom. The molecule has 0 saturated heterocycles. The number of nitrogens with zero attached hydrogens (tertiary/aromatic N) is 1. The zero-order valence-electron chi connectivity index (χ0n) is 29.9. The van der Waals surface area contributed by atoms with Gasteiger partial charge in [-0.15, -0.1) is 11.3 Å². The van der Waals surface area contributed by atoms with Crippen LogP contribution < -0.4 is 20.7 Å². The van der Waals surface area contributed by atoms with Crippen LogP contribution in [0.15, 0.2) is 60.0 Å². The number of hydrogen-bond donors (Lipinski definition) is 3. The van der Waals surface area contributed by atoms with Gasteiger partial charge < -0.3 is 30.2 Å². The summed E-state index contributed by atoms with van der Waals surface area (Å²) in [6.45, 7) is 6.09. The topological polar surface area (TPSA) is 145 Å². The molecule has 3 N–H and O–H groups in total. The minimum atomic E-state index is -0.738. The van der Waals surface area contributed by atoms with Crippen LogP contribution in [0, 0.1) is 0 Å². The molecule has 12 heteroatoms. The third-order valence-electron chi connectivity index (χ3n) is 9.02. The summed E-state index contributed by atoms with van der Waals surface area (Å²) in [6, 6.07) is 16.0. The molecule has 52 heavy (non-hydrogen) atoms. The predicted molar refractivity (Wildman–Crippen MR) is 200 cm³/mol. The lowest BCUT2D eigenvalue weighted by Crippen LogP contribution is -2.35. The number of rotatable bonds is 8. The highest BCUT2D eigenvalue weighted by Crippen LogP contribution is 2.43. The van der Waals surface area contributed by atoms with Crippen LogP contribution in [0.2, 0.25) is 0 Å². The lowest BCUT2D eigenvalue weighted by atomic mass is 9.93. The average molecular weight is 725 g/mol. The normalized spacial score (nSPS) is 14.4. The second-order valence-electron chi connectivity index (χ2n) is 14.0. The zero-order chi connectivity index (χ0) is 36.8. The van der Waals surface area contributed by atoms with Crippen molar-refractivity contribution in [2.24, 2.45) is 0 Å². The van der Waals surface area contributed by atoms with Crippen molar-refractivity contribution in [2.45, 2.75) is 83.9 Å². The number of methoxy groups -OCH3 is 1. The molecule has 1 aliphatic carbocycles. The second-order valence-corrected chi connectivity index (χ2v) is 14.9. The molecule has 0 atom stereocenters. The number of hydrogen-bond acceptors (Lipinski definition) is 9. The van der Waals surface area contributed by atoms with Gasteiger partial charge >= 0.3 is 12.1 Å². The molecule has 1 aliphatic heterocycles. The van der Waals surface area contributed by atoms with Crippen molar-refractivity contribution in [2.75, 3.05) is 19.0 Å². The molecule has 1 saturated carbocycles. The Kier molecular flexibility index (Phi) is 11.2. The fourth-order valence-electron chi connectivity index (χ4n) is 6.46. The Morgan fingerprint density at radius 1 is 0.904 bits per heavy atom. The molecule has 3 amide bonds. The van der Waals surface area contributed by atoms with Crippen molar-refractivity contribution in [3.8, 4) is 27.3 Å². The van der Waals surface area contributed by atoms with Crippen molar-refractivity contribution in [1.82, 2.24) is 15.6 Å². The van der Waals surface area contributed by atoms with Crippen LogP contribution in [0.1, 0.15) is 102 Å². The van der Waals surface area contributed by atoms with Crippen molar-refractivity contribution in [3.63, 3.8) is 0 Å². The summed E-state index contributed by atoms with van der Waals surface area (Å²) in [5.41, 5.74) is 3.64. The molecule has 0 unspecified atom stereocenters. The number of aromatic nitrogens is 1. The van der Waals surface area contributed by atoms with E-state index in [1.807, 2.05) is 5.38 Å². The van der Waals surface area contributed by atoms with Crippen LogP contribution in [-0.2, 0) is 22.4 Å². The number of fused-ring (bicyclic) bond motifs is 3. The quantitative estimate of drug-likeness (QED) is 0.123. The summed E-state index contributed by atoms with van der Waals surface area (Å²) >= 11 is 1.57. The largest absolute Gasteiger partial charge is 0.493 e. The van der Waals surface area contributed by atoms with Gasteiger partial charge in [-0.2, -0.15) is 0 Å². The Balaban J connectivity index is 1.33. The van der Waals surface area contributed by atoms with Crippen LogP contribution in [0.4, 0.5) is 10.5 Å². The maximum absolute atomic E-state index is 14.2. The molecule has 4 aromatic rings. The summed E-state index contributed by atoms with van der Waals surface area (Å²) < 4.78 is 16.7. The number of amides is 3. The van der Waals surface area contributed by atoms with E-state index in [1.54, 1.807) is 80.6 Å². The number of thiophene rings is 1. The van der Waals surface area contributed by atoms with Crippen molar-refractivity contribution < 1.29 is 33.4 Å². The molecule has 0 spiro atoms. The van der Waals surface area contributed by atoms with Gasteiger partial charge in [0, 0.05) is 51.8 Å². The highest BCUT2D eigenvalue weighted by atomic mass is 32.1. The second kappa shape index (κ2) is 16.0. The first-order valence-electron chi connectivity index (χ1n) is 17.6. The molecule has 2 aliphatic rings. The lowest BCUT2D eigenvalue weighted by molar-refractivity contribution is 0.0522. The number of anilines is 1. The van der Waals surface area contributed by atoms with Gasteiger partial charge in [0.1, 0.15) is 17.0 Å². The Hall–Kier alpha value is -5.23. The monoisotopic (exact) mass is 724 g/mol. The van der Waals surface area contributed by atoms with Crippen LogP contribution in [0.5, 0.6) is 5.75 Å². The van der Waals surface area contributed by atoms with Crippen LogP contribution in [0.3, 0.4) is 0 Å². The van der Waals surface area contributed by atoms with E-state index in [1.165, 1.54) is 7.11 Å². The van der Waals surface area contributed by atoms with Crippen molar-refractivity contribution >= 4 is 40.9 Å². The predicted octanol–water partition coefficient (Wildman–Crippen LogP) is 7.93. The molecule has 0 bridgehead atoms. The smallest absolute Gasteiger partial charge is 0.407 e. The third kappa shape index (κ3) is 8.79. The Bertz CT molecular complexity index is 1960. The van der Waals surface area contributed by atoms with E-state index < -0.39 is 23.6 Å². The molecular weight excluding hydrogens is 681 g/mol. The molecule has 3 heterocycles. The zero-order valence-corrected chi connectivity index (χ0v) is 30.7. The first kappa shape index (κ1) is 36.6. The Labute approximate surface area is 307 Å². The molecule has 11 nitrogen and oxygen atoms in total. The van der Waals surface area contributed by atoms with Gasteiger partial charge in [-0.05, 0) is 92.6 Å². The summed E-state index contributed by atoms with van der Waals surface area (Å²) in [4.78, 5) is 58.5. The number of alkyl carbamates (subject to hydrolysis) is 1. The standard InChI is InChI=1S/C40H44N4O7S/c1-40(2,3)51-39(48)41-23-24-11-13-27(14-12-24)42-36(45)30-21-31-33(50-19-17-25-18-20-52-35(25)31)22-29(30)28-15-16-32(44-34(28)38(47)49-4)37(46)43-26-9-7-5-6-8-10-26/h11-16,18,20-22,26H,5-10,17,19,23H2,1-4H3,(H,41,48)(H,42,45)(H,43,46). The highest BCUT2D eigenvalue weighted by Gasteiger charge is 2.28. The lowest BCUT2D eigenvalue weighted by Gasteiger charge is -2.19. The maximum Gasteiger partial charge on any atom is 0.407 e. The molecule has 0 radical (unpaired) electrons. The fraction of sp³-hybridized carbons (Fsp3) is 0.375. The number of ether oxygens (including phenoxy) is 3. The summed E-state index contributed by atoms with van der Waals surface area (Å²) in [5, 5.41) is 10.8. The van der Waals surface area contributed by atoms with E-state index in [4.69, 9.17) is 14.2 Å². The van der Waals surface area contributed by atoms with Crippen molar-refractivity contribution in [3.05, 3.63) is 88.1 Å². The minimum Gasteiger partial charge on any atom is -0.493 e. The number of esters is 1. The van der Waals surface area contributed by atoms with E-state index in [-0.39, 0.29) is 35.4 Å². The minimum absolute atomic E-state index is 0.0486. The number of carbonyl (C=O) groups is 4. The number of carbonyl (C=O) groups excluding carboxylic acids is 4. The van der Waals surface area contributed by atoms with Gasteiger partial charge in [0.15, 0.2) is 5.69 Å². The molecule has 6 rings (SSSR count). The molecule has 2 aromatic heterocycles. The van der Waals surface area contributed by atoms with Gasteiger partial charge in [0.25, 0.3) is 11.8 Å². The van der Waals surface area contributed by atoms with E-state index in [2.05, 4.69) is 27.0 Å². The maximum atomic E-state index is 14.2. The van der Waals surface area contributed by atoms with Crippen LogP contribution >= 0.6 is 11.3 Å². The van der Waals surface area contributed by atoms with Crippen molar-refractivity contribution in [1.29, 1.82) is 0 Å². The number of pyridine rings is 1. The molecular formula is C40H44N4O7S. The summed E-state index contributed by atoms with van der Waals surface area (Å²) in [6.07, 6.45) is 6.40. The fourth-order valence-corrected chi connectivity index (χ4v) is 7.43. The van der Waals surface area contributed by atoms with Crippen LogP contribution in [-0.4, -0.2) is 54.2 Å². The van der Waals surface area contributed by atoms with Gasteiger partial charge in [0.05, 0.1) is 13.7 Å². The first-order chi connectivity index (χ1) is 25.0. The van der Waals surface area contributed by atoms with Gasteiger partial charge in [-0.1, -0.05) is 37.8 Å². The van der Waals surface area contributed by atoms with E-state index in [0.29, 0.717) is 35.6 Å². The van der Waals surface area contributed by atoms with E-state index in [0.717, 1.165) is 60.1 Å². The SMILES string of the molecule is COC(=O)c1nc(C(=O)NC2CCCCCC2)ccc1-c1cc2c(cc1C(=O)Nc1ccc(CNC(=O)OC(C)(C)C)cc1)-c1sccc1CCO2.